The van der Waals surface area contributed by atoms with Crippen LogP contribution in [0.1, 0.15) is 62.6 Å². The lowest BCUT2D eigenvalue weighted by molar-refractivity contribution is -0.169. The Morgan fingerprint density at radius 3 is 2.54 bits per heavy atom. The molecule has 3 aromatic carbocycles. The van der Waals surface area contributed by atoms with Gasteiger partial charge in [0.1, 0.15) is 11.5 Å². The highest BCUT2D eigenvalue weighted by Gasteiger charge is 2.23. The predicted octanol–water partition coefficient (Wildman–Crippen LogP) is 4.43. The highest BCUT2D eigenvalue weighted by molar-refractivity contribution is 6.10. The van der Waals surface area contributed by atoms with Gasteiger partial charge in [0.2, 0.25) is 5.91 Å². The zero-order chi connectivity index (χ0) is 24.8. The molecule has 0 bridgehead atoms. The van der Waals surface area contributed by atoms with E-state index in [4.69, 9.17) is 15.3 Å². The van der Waals surface area contributed by atoms with E-state index >= 15 is 0 Å². The van der Waals surface area contributed by atoms with E-state index in [1.807, 2.05) is 35.4 Å². The fourth-order valence-corrected chi connectivity index (χ4v) is 4.45. The molecule has 0 aliphatic carbocycles. The predicted molar refractivity (Wildman–Crippen MR) is 132 cm³/mol. The number of hydrogen-bond acceptors (Lipinski definition) is 6. The molecule has 0 spiro atoms. The lowest BCUT2D eigenvalue weighted by Gasteiger charge is -2.25. The first kappa shape index (κ1) is 24.4. The summed E-state index contributed by atoms with van der Waals surface area (Å²) in [5.41, 5.74) is 8.73. The Morgan fingerprint density at radius 2 is 1.80 bits per heavy atom. The molecule has 35 heavy (non-hydrogen) atoms. The smallest absolute Gasteiger partial charge is 0.248 e. The SMILES string of the molecule is COc1ccc(O)c(C(=O)c2ccc(CON3CCCCC(c4ccccc4C(N)=O)C3)cc2)c1. The number of methoxy groups -OCH3 is 1. The molecule has 1 atom stereocenters. The van der Waals surface area contributed by atoms with E-state index in [0.717, 1.165) is 36.9 Å². The number of hydroxylamine groups is 2. The van der Waals surface area contributed by atoms with Gasteiger partial charge in [-0.1, -0.05) is 48.9 Å². The Hall–Kier alpha value is -3.68. The molecule has 0 aromatic heterocycles. The van der Waals surface area contributed by atoms with Gasteiger partial charge in [0.05, 0.1) is 19.3 Å². The molecule has 1 amide bonds. The first-order valence-electron chi connectivity index (χ1n) is 11.7. The van der Waals surface area contributed by atoms with Crippen LogP contribution in [0.5, 0.6) is 11.5 Å². The minimum atomic E-state index is -0.408. The standard InChI is InChI=1S/C28H30N2O5/c1-34-22-13-14-26(31)25(16-22)27(32)20-11-9-19(10-12-20)18-35-30-15-5-4-6-21(17-30)23-7-2-3-8-24(23)28(29)33/h2-3,7-14,16,21,31H,4-6,15,17-18H2,1H3,(H2,29,33). The summed E-state index contributed by atoms with van der Waals surface area (Å²) in [5, 5.41) is 12.1. The number of primary amides is 1. The van der Waals surface area contributed by atoms with Crippen LogP contribution < -0.4 is 10.5 Å². The zero-order valence-corrected chi connectivity index (χ0v) is 19.8. The molecular formula is C28H30N2O5. The van der Waals surface area contributed by atoms with Crippen molar-refractivity contribution in [2.24, 2.45) is 5.73 Å². The van der Waals surface area contributed by atoms with Crippen LogP contribution in [0.4, 0.5) is 0 Å². The highest BCUT2D eigenvalue weighted by Crippen LogP contribution is 2.29. The van der Waals surface area contributed by atoms with Crippen molar-refractivity contribution in [2.45, 2.75) is 31.8 Å². The van der Waals surface area contributed by atoms with Crippen molar-refractivity contribution in [1.82, 2.24) is 5.06 Å². The maximum absolute atomic E-state index is 12.8. The molecule has 1 fully saturated rings. The molecule has 1 heterocycles. The Morgan fingerprint density at radius 1 is 1.03 bits per heavy atom. The summed E-state index contributed by atoms with van der Waals surface area (Å²) in [5.74, 6) is -0.106. The minimum Gasteiger partial charge on any atom is -0.507 e. The fourth-order valence-electron chi connectivity index (χ4n) is 4.45. The van der Waals surface area contributed by atoms with Crippen LogP contribution >= 0.6 is 0 Å². The molecule has 7 heteroatoms. The van der Waals surface area contributed by atoms with E-state index in [0.29, 0.717) is 30.0 Å². The van der Waals surface area contributed by atoms with E-state index in [1.165, 1.54) is 19.2 Å². The van der Waals surface area contributed by atoms with Gasteiger partial charge in [0.15, 0.2) is 5.78 Å². The Kier molecular flexibility index (Phi) is 7.80. The number of ketones is 1. The van der Waals surface area contributed by atoms with E-state index in [1.54, 1.807) is 24.3 Å². The summed E-state index contributed by atoms with van der Waals surface area (Å²) < 4.78 is 5.16. The van der Waals surface area contributed by atoms with Gasteiger partial charge >= 0.3 is 0 Å². The normalized spacial score (nSPS) is 16.4. The van der Waals surface area contributed by atoms with Crippen molar-refractivity contribution in [3.8, 4) is 11.5 Å². The quantitative estimate of drug-likeness (QED) is 0.468. The lowest BCUT2D eigenvalue weighted by Crippen LogP contribution is -2.29. The third-order valence-corrected chi connectivity index (χ3v) is 6.38. The molecule has 182 valence electrons. The van der Waals surface area contributed by atoms with Gasteiger partial charge in [-0.15, -0.1) is 0 Å². The number of amides is 1. The van der Waals surface area contributed by atoms with Crippen LogP contribution in [0.15, 0.2) is 66.7 Å². The van der Waals surface area contributed by atoms with Gasteiger partial charge in [-0.3, -0.25) is 14.4 Å². The molecule has 0 radical (unpaired) electrons. The highest BCUT2D eigenvalue weighted by atomic mass is 16.7. The molecule has 1 saturated heterocycles. The molecule has 3 aromatic rings. The van der Waals surface area contributed by atoms with E-state index < -0.39 is 5.91 Å². The number of ether oxygens (including phenoxy) is 1. The summed E-state index contributed by atoms with van der Waals surface area (Å²) in [6, 6.07) is 19.3. The molecule has 1 aliphatic rings. The molecule has 1 unspecified atom stereocenters. The van der Waals surface area contributed by atoms with Crippen LogP contribution in [-0.2, 0) is 11.4 Å². The number of phenols is 1. The van der Waals surface area contributed by atoms with Crippen molar-refractivity contribution in [3.63, 3.8) is 0 Å². The average Bonchev–Trinajstić information content (AvgIpc) is 3.13. The fraction of sp³-hybridized carbons (Fsp3) is 0.286. The summed E-state index contributed by atoms with van der Waals surface area (Å²) in [6.07, 6.45) is 3.02. The van der Waals surface area contributed by atoms with Crippen LogP contribution in [0.3, 0.4) is 0 Å². The number of hydrogen-bond donors (Lipinski definition) is 2. The molecule has 4 rings (SSSR count). The third-order valence-electron chi connectivity index (χ3n) is 6.38. The van der Waals surface area contributed by atoms with Gasteiger partial charge in [-0.05, 0) is 54.2 Å². The summed E-state index contributed by atoms with van der Waals surface area (Å²) in [6.45, 7) is 1.85. The Balaban J connectivity index is 1.41. The van der Waals surface area contributed by atoms with Gasteiger partial charge in [0.25, 0.3) is 0 Å². The van der Waals surface area contributed by atoms with E-state index in [9.17, 15) is 14.7 Å². The zero-order valence-electron chi connectivity index (χ0n) is 19.8. The number of benzene rings is 3. The molecule has 3 N–H and O–H groups in total. The number of phenolic OH excluding ortho intramolecular Hbond substituents is 1. The molecule has 0 saturated carbocycles. The van der Waals surface area contributed by atoms with Crippen LogP contribution in [0.25, 0.3) is 0 Å². The maximum atomic E-state index is 12.8. The second kappa shape index (κ2) is 11.2. The third kappa shape index (κ3) is 5.88. The number of aromatic hydroxyl groups is 1. The van der Waals surface area contributed by atoms with Crippen molar-refractivity contribution in [1.29, 1.82) is 0 Å². The first-order chi connectivity index (χ1) is 17.0. The molecule has 1 aliphatic heterocycles. The van der Waals surface area contributed by atoms with Gasteiger partial charge < -0.3 is 15.6 Å². The summed E-state index contributed by atoms with van der Waals surface area (Å²) >= 11 is 0. The first-order valence-corrected chi connectivity index (χ1v) is 11.7. The average molecular weight is 475 g/mol. The maximum Gasteiger partial charge on any atom is 0.248 e. The number of rotatable bonds is 8. The van der Waals surface area contributed by atoms with Crippen molar-refractivity contribution in [3.05, 3.63) is 94.5 Å². The number of nitrogens with two attached hydrogens (primary N) is 1. The lowest BCUT2D eigenvalue weighted by atomic mass is 9.90. The number of carbonyl (C=O) groups excluding carboxylic acids is 2. The second-order valence-electron chi connectivity index (χ2n) is 8.71. The summed E-state index contributed by atoms with van der Waals surface area (Å²) in [4.78, 5) is 30.9. The Bertz CT molecular complexity index is 1190. The number of carbonyl (C=O) groups is 2. The summed E-state index contributed by atoms with van der Waals surface area (Å²) in [7, 11) is 1.51. The van der Waals surface area contributed by atoms with Crippen molar-refractivity contribution < 1.29 is 24.3 Å². The van der Waals surface area contributed by atoms with E-state index in [-0.39, 0.29) is 23.0 Å². The van der Waals surface area contributed by atoms with Gasteiger partial charge in [-0.25, -0.2) is 0 Å². The Labute approximate surface area is 205 Å². The largest absolute Gasteiger partial charge is 0.507 e. The van der Waals surface area contributed by atoms with Crippen molar-refractivity contribution in [2.75, 3.05) is 20.2 Å². The van der Waals surface area contributed by atoms with Crippen LogP contribution in [-0.4, -0.2) is 42.1 Å². The van der Waals surface area contributed by atoms with Gasteiger partial charge in [-0.2, -0.15) is 5.06 Å². The molecule has 7 nitrogen and oxygen atoms in total. The monoisotopic (exact) mass is 474 g/mol. The van der Waals surface area contributed by atoms with Crippen LogP contribution in [0.2, 0.25) is 0 Å². The van der Waals surface area contributed by atoms with Crippen LogP contribution in [0, 0.1) is 0 Å². The van der Waals surface area contributed by atoms with Gasteiger partial charge in [0, 0.05) is 24.2 Å². The molecular weight excluding hydrogens is 444 g/mol. The van der Waals surface area contributed by atoms with Crippen molar-refractivity contribution >= 4 is 11.7 Å². The number of nitrogens with zero attached hydrogens (tertiary/aromatic N) is 1. The topological polar surface area (TPSA) is 102 Å². The van der Waals surface area contributed by atoms with E-state index in [2.05, 4.69) is 0 Å². The minimum absolute atomic E-state index is 0.0863. The second-order valence-corrected chi connectivity index (χ2v) is 8.71.